The molecule has 0 unspecified atom stereocenters. The number of thiophene rings is 1. The Morgan fingerprint density at radius 1 is 1.18 bits per heavy atom. The number of carbonyl (C=O) groups excluding carboxylic acids is 2. The average Bonchev–Trinajstić information content (AvgIpc) is 3.34. The minimum absolute atomic E-state index is 0.0149. The smallest absolute Gasteiger partial charge is 0.344 e. The van der Waals surface area contributed by atoms with Crippen LogP contribution in [0.25, 0.3) is 0 Å². The number of carbonyl (C=O) groups is 2. The second-order valence-corrected chi connectivity index (χ2v) is 7.64. The van der Waals surface area contributed by atoms with E-state index in [1.165, 1.54) is 0 Å². The van der Waals surface area contributed by atoms with Crippen LogP contribution in [0.1, 0.15) is 58.1 Å². The zero-order valence-electron chi connectivity index (χ0n) is 16.0. The molecule has 146 valence electrons. The van der Waals surface area contributed by atoms with Crippen molar-refractivity contribution in [3.8, 4) is 0 Å². The molecule has 0 aliphatic carbocycles. The number of esters is 1. The van der Waals surface area contributed by atoms with E-state index in [2.05, 4.69) is 10.5 Å². The lowest BCUT2D eigenvalue weighted by molar-refractivity contribution is -0.124. The molecular weight excluding hydrogens is 376 g/mol. The van der Waals surface area contributed by atoms with Crippen molar-refractivity contribution in [2.45, 2.75) is 32.7 Å². The monoisotopic (exact) mass is 398 g/mol. The van der Waals surface area contributed by atoms with Gasteiger partial charge in [0.25, 0.3) is 5.91 Å². The van der Waals surface area contributed by atoms with Gasteiger partial charge in [-0.2, -0.15) is 0 Å². The number of hydrogen-bond acceptors (Lipinski definition) is 6. The third kappa shape index (κ3) is 4.48. The Bertz CT molecular complexity index is 933. The Hall–Kier alpha value is -2.93. The van der Waals surface area contributed by atoms with Crippen molar-refractivity contribution in [1.29, 1.82) is 0 Å². The van der Waals surface area contributed by atoms with Gasteiger partial charge < -0.3 is 14.6 Å². The van der Waals surface area contributed by atoms with Crippen LogP contribution in [0.15, 0.2) is 52.4 Å². The summed E-state index contributed by atoms with van der Waals surface area (Å²) in [6, 6.07) is 13.3. The van der Waals surface area contributed by atoms with Gasteiger partial charge in [-0.05, 0) is 23.9 Å². The van der Waals surface area contributed by atoms with Gasteiger partial charge in [0.2, 0.25) is 0 Å². The van der Waals surface area contributed by atoms with Gasteiger partial charge in [0.15, 0.2) is 12.4 Å². The van der Waals surface area contributed by atoms with Crippen molar-refractivity contribution < 1.29 is 18.8 Å². The summed E-state index contributed by atoms with van der Waals surface area (Å²) in [5.41, 5.74) is 1.71. The maximum Gasteiger partial charge on any atom is 0.344 e. The number of amides is 1. The molecule has 1 atom stereocenters. The highest BCUT2D eigenvalue weighted by Crippen LogP contribution is 2.26. The third-order valence-corrected chi connectivity index (χ3v) is 5.16. The molecule has 7 heteroatoms. The summed E-state index contributed by atoms with van der Waals surface area (Å²) in [5, 5.41) is 8.73. The molecule has 0 bridgehead atoms. The predicted molar refractivity (Wildman–Crippen MR) is 106 cm³/mol. The van der Waals surface area contributed by atoms with E-state index in [1.807, 2.05) is 61.7 Å². The molecule has 0 aliphatic heterocycles. The number of aromatic nitrogens is 1. The molecule has 1 amide bonds. The minimum atomic E-state index is -0.606. The Kier molecular flexibility index (Phi) is 6.26. The third-order valence-electron chi connectivity index (χ3n) is 4.22. The van der Waals surface area contributed by atoms with Crippen LogP contribution in [-0.2, 0) is 9.53 Å². The molecule has 28 heavy (non-hydrogen) atoms. The zero-order valence-corrected chi connectivity index (χ0v) is 16.8. The summed E-state index contributed by atoms with van der Waals surface area (Å²) in [5.74, 6) is -0.539. The molecule has 3 rings (SSSR count). The fourth-order valence-corrected chi connectivity index (χ4v) is 3.66. The van der Waals surface area contributed by atoms with Crippen LogP contribution >= 0.6 is 11.3 Å². The molecule has 0 radical (unpaired) electrons. The van der Waals surface area contributed by atoms with Crippen LogP contribution in [0.2, 0.25) is 0 Å². The van der Waals surface area contributed by atoms with Gasteiger partial charge in [-0.1, -0.05) is 55.4 Å². The van der Waals surface area contributed by atoms with Gasteiger partial charge in [-0.25, -0.2) is 4.79 Å². The summed E-state index contributed by atoms with van der Waals surface area (Å²) in [6.45, 7) is 5.09. The van der Waals surface area contributed by atoms with Crippen molar-refractivity contribution >= 4 is 23.2 Å². The maximum atomic E-state index is 12.5. The van der Waals surface area contributed by atoms with Gasteiger partial charge in [-0.15, -0.1) is 11.3 Å². The molecule has 0 spiro atoms. The van der Waals surface area contributed by atoms with Gasteiger partial charge in [0.05, 0.1) is 11.7 Å². The van der Waals surface area contributed by atoms with Crippen molar-refractivity contribution in [3.05, 3.63) is 75.3 Å². The van der Waals surface area contributed by atoms with E-state index in [4.69, 9.17) is 9.26 Å². The van der Waals surface area contributed by atoms with E-state index >= 15 is 0 Å². The van der Waals surface area contributed by atoms with Gasteiger partial charge >= 0.3 is 5.97 Å². The van der Waals surface area contributed by atoms with Crippen LogP contribution in [0.3, 0.4) is 0 Å². The zero-order chi connectivity index (χ0) is 20.1. The number of ether oxygens (including phenoxy) is 1. The Morgan fingerprint density at radius 3 is 2.57 bits per heavy atom. The average molecular weight is 398 g/mol. The van der Waals surface area contributed by atoms with Crippen LogP contribution in [-0.4, -0.2) is 23.6 Å². The summed E-state index contributed by atoms with van der Waals surface area (Å²) in [6.07, 6.45) is 0. The minimum Gasteiger partial charge on any atom is -0.452 e. The Labute approximate surface area is 167 Å². The quantitative estimate of drug-likeness (QED) is 0.602. The van der Waals surface area contributed by atoms with E-state index in [-0.39, 0.29) is 24.5 Å². The highest BCUT2D eigenvalue weighted by Gasteiger charge is 2.25. The molecule has 6 nitrogen and oxygen atoms in total. The molecule has 1 N–H and O–H groups in total. The molecule has 0 aliphatic rings. The van der Waals surface area contributed by atoms with Gasteiger partial charge in [0, 0.05) is 10.8 Å². The second kappa shape index (κ2) is 8.84. The predicted octanol–water partition coefficient (Wildman–Crippen LogP) is 4.23. The van der Waals surface area contributed by atoms with Gasteiger partial charge in [-0.3, -0.25) is 4.79 Å². The van der Waals surface area contributed by atoms with Crippen LogP contribution < -0.4 is 5.32 Å². The number of benzene rings is 1. The molecule has 0 saturated carbocycles. The molecular formula is C21H22N2O4S. The first kappa shape index (κ1) is 19.8. The van der Waals surface area contributed by atoms with Crippen molar-refractivity contribution in [2.75, 3.05) is 6.61 Å². The number of hydrogen-bond donors (Lipinski definition) is 1. The second-order valence-electron chi connectivity index (χ2n) is 6.66. The van der Waals surface area contributed by atoms with Crippen molar-refractivity contribution in [2.24, 2.45) is 0 Å². The number of aryl methyl sites for hydroxylation is 1. The normalized spacial score (nSPS) is 12.0. The lowest BCUT2D eigenvalue weighted by atomic mass is 10.1. The molecule has 3 aromatic rings. The molecule has 0 saturated heterocycles. The molecule has 0 fully saturated rings. The fourth-order valence-electron chi connectivity index (χ4n) is 2.86. The van der Waals surface area contributed by atoms with E-state index in [1.54, 1.807) is 18.3 Å². The summed E-state index contributed by atoms with van der Waals surface area (Å²) in [4.78, 5) is 25.9. The molecule has 1 aromatic carbocycles. The fraction of sp³-hybridized carbons (Fsp3) is 0.286. The highest BCUT2D eigenvalue weighted by atomic mass is 32.1. The lowest BCUT2D eigenvalue weighted by Gasteiger charge is -2.18. The van der Waals surface area contributed by atoms with E-state index < -0.39 is 5.97 Å². The standard InChI is InChI=1S/C21H22N2O4S/c1-13(2)20-18(14(3)23-27-20)21(25)26-12-17(24)22-19(16-10-7-11-28-16)15-8-5-4-6-9-15/h4-11,13,19H,12H2,1-3H3,(H,22,24)/t19-/m0/s1. The first-order valence-electron chi connectivity index (χ1n) is 8.98. The maximum absolute atomic E-state index is 12.5. The first-order chi connectivity index (χ1) is 13.5. The number of rotatable bonds is 7. The molecule has 2 heterocycles. The summed E-state index contributed by atoms with van der Waals surface area (Å²) < 4.78 is 10.4. The van der Waals surface area contributed by atoms with Crippen LogP contribution in [0.4, 0.5) is 0 Å². The Morgan fingerprint density at radius 2 is 1.93 bits per heavy atom. The van der Waals surface area contributed by atoms with E-state index in [9.17, 15) is 9.59 Å². The summed E-state index contributed by atoms with van der Waals surface area (Å²) >= 11 is 1.55. The summed E-state index contributed by atoms with van der Waals surface area (Å²) in [7, 11) is 0. The lowest BCUT2D eigenvalue weighted by Crippen LogP contribution is -2.32. The van der Waals surface area contributed by atoms with E-state index in [0.29, 0.717) is 17.0 Å². The topological polar surface area (TPSA) is 81.4 Å². The largest absolute Gasteiger partial charge is 0.452 e. The number of nitrogens with one attached hydrogen (secondary N) is 1. The highest BCUT2D eigenvalue weighted by molar-refractivity contribution is 7.10. The van der Waals surface area contributed by atoms with Crippen LogP contribution in [0, 0.1) is 6.92 Å². The van der Waals surface area contributed by atoms with Crippen LogP contribution in [0.5, 0.6) is 0 Å². The van der Waals surface area contributed by atoms with Crippen molar-refractivity contribution in [3.63, 3.8) is 0 Å². The SMILES string of the molecule is Cc1noc(C(C)C)c1C(=O)OCC(=O)N[C@@H](c1ccccc1)c1cccs1. The van der Waals surface area contributed by atoms with Crippen molar-refractivity contribution in [1.82, 2.24) is 10.5 Å². The van der Waals surface area contributed by atoms with Gasteiger partial charge in [0.1, 0.15) is 5.56 Å². The number of nitrogens with zero attached hydrogens (tertiary/aromatic N) is 1. The van der Waals surface area contributed by atoms with E-state index in [0.717, 1.165) is 10.4 Å². The first-order valence-corrected chi connectivity index (χ1v) is 9.86. The Balaban J connectivity index is 1.67. The molecule has 2 aromatic heterocycles.